The van der Waals surface area contributed by atoms with Crippen molar-refractivity contribution in [3.05, 3.63) is 23.8 Å². The SMILES string of the molecule is Cc1nccnc1C(C)NCCN. The molecule has 0 radical (unpaired) electrons. The highest BCUT2D eigenvalue weighted by molar-refractivity contribution is 5.12. The van der Waals surface area contributed by atoms with Gasteiger partial charge in [-0.1, -0.05) is 0 Å². The van der Waals surface area contributed by atoms with Gasteiger partial charge in [0.1, 0.15) is 0 Å². The second-order valence-corrected chi connectivity index (χ2v) is 2.99. The first-order valence-corrected chi connectivity index (χ1v) is 4.46. The van der Waals surface area contributed by atoms with Gasteiger partial charge in [-0.3, -0.25) is 9.97 Å². The standard InChI is InChI=1S/C9H16N4/c1-7(11-4-3-10)9-8(2)12-5-6-13-9/h5-7,11H,3-4,10H2,1-2H3. The zero-order valence-corrected chi connectivity index (χ0v) is 8.12. The Hall–Kier alpha value is -1.00. The van der Waals surface area contributed by atoms with Gasteiger partial charge in [0.15, 0.2) is 0 Å². The van der Waals surface area contributed by atoms with E-state index in [-0.39, 0.29) is 6.04 Å². The quantitative estimate of drug-likeness (QED) is 0.703. The Morgan fingerprint density at radius 3 is 2.77 bits per heavy atom. The number of nitrogens with zero attached hydrogens (tertiary/aromatic N) is 2. The summed E-state index contributed by atoms with van der Waals surface area (Å²) in [5.74, 6) is 0. The molecule has 4 heteroatoms. The fraction of sp³-hybridized carbons (Fsp3) is 0.556. The minimum atomic E-state index is 0.220. The number of nitrogens with two attached hydrogens (primary N) is 1. The smallest absolute Gasteiger partial charge is 0.0782 e. The molecule has 13 heavy (non-hydrogen) atoms. The average molecular weight is 180 g/mol. The fourth-order valence-corrected chi connectivity index (χ4v) is 1.24. The summed E-state index contributed by atoms with van der Waals surface area (Å²) in [6.45, 7) is 5.47. The van der Waals surface area contributed by atoms with Crippen LogP contribution in [0.25, 0.3) is 0 Å². The van der Waals surface area contributed by atoms with Gasteiger partial charge in [-0.05, 0) is 13.8 Å². The predicted octanol–water partition coefficient (Wildman–Crippen LogP) is 0.394. The van der Waals surface area contributed by atoms with Crippen LogP contribution in [0.3, 0.4) is 0 Å². The van der Waals surface area contributed by atoms with Crippen LogP contribution in [-0.4, -0.2) is 23.1 Å². The average Bonchev–Trinajstić information content (AvgIpc) is 2.15. The molecule has 0 spiro atoms. The first-order chi connectivity index (χ1) is 6.25. The first-order valence-electron chi connectivity index (χ1n) is 4.46. The van der Waals surface area contributed by atoms with Crippen molar-refractivity contribution >= 4 is 0 Å². The third kappa shape index (κ3) is 2.75. The van der Waals surface area contributed by atoms with Crippen molar-refractivity contribution in [2.45, 2.75) is 19.9 Å². The molecule has 0 amide bonds. The Morgan fingerprint density at radius 1 is 1.46 bits per heavy atom. The Labute approximate surface area is 78.6 Å². The van der Waals surface area contributed by atoms with E-state index in [9.17, 15) is 0 Å². The van der Waals surface area contributed by atoms with Crippen LogP contribution < -0.4 is 11.1 Å². The van der Waals surface area contributed by atoms with Crippen LogP contribution in [0.5, 0.6) is 0 Å². The molecule has 0 fully saturated rings. The van der Waals surface area contributed by atoms with Crippen LogP contribution in [-0.2, 0) is 0 Å². The maximum atomic E-state index is 5.39. The predicted molar refractivity (Wildman–Crippen MR) is 52.2 cm³/mol. The molecule has 1 atom stereocenters. The lowest BCUT2D eigenvalue weighted by molar-refractivity contribution is 0.563. The monoisotopic (exact) mass is 180 g/mol. The lowest BCUT2D eigenvalue weighted by Crippen LogP contribution is -2.26. The van der Waals surface area contributed by atoms with Gasteiger partial charge in [-0.15, -0.1) is 0 Å². The van der Waals surface area contributed by atoms with Gasteiger partial charge in [0, 0.05) is 31.5 Å². The van der Waals surface area contributed by atoms with Crippen molar-refractivity contribution in [1.82, 2.24) is 15.3 Å². The summed E-state index contributed by atoms with van der Waals surface area (Å²) in [5, 5.41) is 3.26. The Morgan fingerprint density at radius 2 is 2.15 bits per heavy atom. The van der Waals surface area contributed by atoms with Crippen LogP contribution in [0.1, 0.15) is 24.4 Å². The largest absolute Gasteiger partial charge is 0.329 e. The molecule has 1 aromatic rings. The van der Waals surface area contributed by atoms with Gasteiger partial charge in [0.05, 0.1) is 11.4 Å². The molecule has 0 aliphatic heterocycles. The second kappa shape index (κ2) is 4.89. The molecule has 0 aromatic carbocycles. The summed E-state index contributed by atoms with van der Waals surface area (Å²) in [6.07, 6.45) is 3.41. The summed E-state index contributed by atoms with van der Waals surface area (Å²) < 4.78 is 0. The summed E-state index contributed by atoms with van der Waals surface area (Å²) in [4.78, 5) is 8.44. The van der Waals surface area contributed by atoms with Gasteiger partial charge in [0.2, 0.25) is 0 Å². The number of aryl methyl sites for hydroxylation is 1. The van der Waals surface area contributed by atoms with E-state index in [1.54, 1.807) is 12.4 Å². The topological polar surface area (TPSA) is 63.8 Å². The van der Waals surface area contributed by atoms with E-state index in [1.165, 1.54) is 0 Å². The number of hydrogen-bond donors (Lipinski definition) is 2. The minimum Gasteiger partial charge on any atom is -0.329 e. The molecule has 1 heterocycles. The molecule has 0 bridgehead atoms. The summed E-state index contributed by atoms with van der Waals surface area (Å²) in [5.41, 5.74) is 7.36. The van der Waals surface area contributed by atoms with E-state index in [0.717, 1.165) is 17.9 Å². The van der Waals surface area contributed by atoms with Gasteiger partial charge in [0.25, 0.3) is 0 Å². The first kappa shape index (κ1) is 10.1. The molecule has 72 valence electrons. The molecule has 0 saturated heterocycles. The number of rotatable bonds is 4. The summed E-state index contributed by atoms with van der Waals surface area (Å²) in [6, 6.07) is 0.220. The van der Waals surface area contributed by atoms with Crippen LogP contribution in [0.4, 0.5) is 0 Å². The van der Waals surface area contributed by atoms with Crippen molar-refractivity contribution in [2.24, 2.45) is 5.73 Å². The zero-order chi connectivity index (χ0) is 9.68. The molecule has 1 rings (SSSR count). The maximum Gasteiger partial charge on any atom is 0.0782 e. The highest BCUT2D eigenvalue weighted by Crippen LogP contribution is 2.10. The second-order valence-electron chi connectivity index (χ2n) is 2.99. The van der Waals surface area contributed by atoms with Gasteiger partial charge >= 0.3 is 0 Å². The number of aromatic nitrogens is 2. The molecular formula is C9H16N4. The Balaban J connectivity index is 2.65. The molecule has 0 aliphatic carbocycles. The molecule has 1 unspecified atom stereocenters. The summed E-state index contributed by atoms with van der Waals surface area (Å²) >= 11 is 0. The normalized spacial score (nSPS) is 12.8. The van der Waals surface area contributed by atoms with Gasteiger partial charge in [-0.25, -0.2) is 0 Å². The third-order valence-electron chi connectivity index (χ3n) is 1.92. The Bertz CT molecular complexity index is 262. The van der Waals surface area contributed by atoms with E-state index in [2.05, 4.69) is 22.2 Å². The minimum absolute atomic E-state index is 0.220. The van der Waals surface area contributed by atoms with Crippen LogP contribution in [0.2, 0.25) is 0 Å². The lowest BCUT2D eigenvalue weighted by Gasteiger charge is -2.13. The van der Waals surface area contributed by atoms with Crippen LogP contribution in [0.15, 0.2) is 12.4 Å². The Kier molecular flexibility index (Phi) is 3.79. The van der Waals surface area contributed by atoms with Crippen molar-refractivity contribution in [3.8, 4) is 0 Å². The van der Waals surface area contributed by atoms with E-state index >= 15 is 0 Å². The van der Waals surface area contributed by atoms with E-state index in [4.69, 9.17) is 5.73 Å². The van der Waals surface area contributed by atoms with Gasteiger partial charge < -0.3 is 11.1 Å². The maximum absolute atomic E-state index is 5.39. The molecule has 1 aromatic heterocycles. The van der Waals surface area contributed by atoms with Crippen molar-refractivity contribution in [1.29, 1.82) is 0 Å². The fourth-order valence-electron chi connectivity index (χ4n) is 1.24. The van der Waals surface area contributed by atoms with E-state index < -0.39 is 0 Å². The zero-order valence-electron chi connectivity index (χ0n) is 8.12. The summed E-state index contributed by atoms with van der Waals surface area (Å²) in [7, 11) is 0. The highest BCUT2D eigenvalue weighted by Gasteiger charge is 2.08. The molecule has 0 aliphatic rings. The molecule has 4 nitrogen and oxygen atoms in total. The van der Waals surface area contributed by atoms with E-state index in [0.29, 0.717) is 6.54 Å². The van der Waals surface area contributed by atoms with Crippen molar-refractivity contribution in [3.63, 3.8) is 0 Å². The highest BCUT2D eigenvalue weighted by atomic mass is 15.0. The van der Waals surface area contributed by atoms with Crippen molar-refractivity contribution in [2.75, 3.05) is 13.1 Å². The van der Waals surface area contributed by atoms with Crippen molar-refractivity contribution < 1.29 is 0 Å². The van der Waals surface area contributed by atoms with Crippen LogP contribution >= 0.6 is 0 Å². The lowest BCUT2D eigenvalue weighted by atomic mass is 10.2. The molecular weight excluding hydrogens is 164 g/mol. The molecule has 3 N–H and O–H groups in total. The number of hydrogen-bond acceptors (Lipinski definition) is 4. The van der Waals surface area contributed by atoms with E-state index in [1.807, 2.05) is 6.92 Å². The van der Waals surface area contributed by atoms with Crippen LogP contribution in [0, 0.1) is 6.92 Å². The number of nitrogens with one attached hydrogen (secondary N) is 1. The van der Waals surface area contributed by atoms with Gasteiger partial charge in [-0.2, -0.15) is 0 Å². The molecule has 0 saturated carbocycles. The third-order valence-corrected chi connectivity index (χ3v) is 1.92.